The van der Waals surface area contributed by atoms with Gasteiger partial charge in [-0.1, -0.05) is 27.7 Å². The first-order chi connectivity index (χ1) is 9.65. The summed E-state index contributed by atoms with van der Waals surface area (Å²) < 4.78 is 0. The van der Waals surface area contributed by atoms with Gasteiger partial charge in [-0.05, 0) is 31.6 Å². The van der Waals surface area contributed by atoms with Crippen molar-refractivity contribution in [1.82, 2.24) is 15.5 Å². The van der Waals surface area contributed by atoms with E-state index in [0.29, 0.717) is 24.8 Å². The molecule has 1 heterocycles. The molecule has 21 heavy (non-hydrogen) atoms. The molecule has 0 spiro atoms. The Bertz CT molecular complexity index is 420. The molecule has 0 aromatic heterocycles. The molecule has 1 saturated heterocycles. The number of imide groups is 1. The van der Waals surface area contributed by atoms with Crippen molar-refractivity contribution in [1.29, 1.82) is 0 Å². The molecule has 1 rings (SSSR count). The summed E-state index contributed by atoms with van der Waals surface area (Å²) in [4.78, 5) is 37.1. The van der Waals surface area contributed by atoms with Crippen LogP contribution in [0.4, 0.5) is 4.79 Å². The summed E-state index contributed by atoms with van der Waals surface area (Å²) in [7, 11) is 0. The standard InChI is InChI=1S/C15H27N3O3/c1-10(2)6-7-15(5)13(20)18(14(21)17-15)9-12(19)16-8-11(3)4/h10-11H,6-9H2,1-5H3,(H,16,19)(H,17,21). The second-order valence-electron chi connectivity index (χ2n) is 6.78. The Morgan fingerprint density at radius 2 is 1.86 bits per heavy atom. The van der Waals surface area contributed by atoms with Crippen LogP contribution in [0.2, 0.25) is 0 Å². The van der Waals surface area contributed by atoms with Gasteiger partial charge in [-0.25, -0.2) is 4.79 Å². The third-order valence-corrected chi connectivity index (χ3v) is 3.58. The summed E-state index contributed by atoms with van der Waals surface area (Å²) in [5.41, 5.74) is -0.889. The molecule has 0 aromatic rings. The molecule has 0 saturated carbocycles. The third kappa shape index (κ3) is 4.72. The van der Waals surface area contributed by atoms with Crippen LogP contribution in [-0.2, 0) is 9.59 Å². The van der Waals surface area contributed by atoms with Crippen molar-refractivity contribution < 1.29 is 14.4 Å². The molecule has 0 aromatic carbocycles. The molecule has 1 unspecified atom stereocenters. The fourth-order valence-electron chi connectivity index (χ4n) is 2.15. The molecule has 2 N–H and O–H groups in total. The Labute approximate surface area is 126 Å². The predicted octanol–water partition coefficient (Wildman–Crippen LogP) is 1.51. The molecule has 0 aliphatic carbocycles. The summed E-state index contributed by atoms with van der Waals surface area (Å²) in [5.74, 6) is 0.163. The number of urea groups is 1. The first kappa shape index (κ1) is 17.5. The summed E-state index contributed by atoms with van der Waals surface area (Å²) >= 11 is 0. The lowest BCUT2D eigenvalue weighted by atomic mass is 9.92. The van der Waals surface area contributed by atoms with E-state index in [4.69, 9.17) is 0 Å². The number of hydrogen-bond acceptors (Lipinski definition) is 3. The Kier molecular flexibility index (Phi) is 5.75. The maximum absolute atomic E-state index is 12.4. The lowest BCUT2D eigenvalue weighted by Gasteiger charge is -2.22. The smallest absolute Gasteiger partial charge is 0.325 e. The number of rotatable bonds is 7. The third-order valence-electron chi connectivity index (χ3n) is 3.58. The minimum absolute atomic E-state index is 0.214. The number of nitrogens with zero attached hydrogens (tertiary/aromatic N) is 1. The van der Waals surface area contributed by atoms with Gasteiger partial charge < -0.3 is 10.6 Å². The summed E-state index contributed by atoms with van der Waals surface area (Å²) in [6.07, 6.45) is 1.43. The van der Waals surface area contributed by atoms with Crippen LogP contribution < -0.4 is 10.6 Å². The zero-order chi connectivity index (χ0) is 16.2. The van der Waals surface area contributed by atoms with Crippen molar-refractivity contribution in [3.05, 3.63) is 0 Å². The lowest BCUT2D eigenvalue weighted by molar-refractivity contribution is -0.134. The maximum atomic E-state index is 12.4. The van der Waals surface area contributed by atoms with E-state index < -0.39 is 11.6 Å². The predicted molar refractivity (Wildman–Crippen MR) is 80.6 cm³/mol. The second kappa shape index (κ2) is 6.91. The van der Waals surface area contributed by atoms with Crippen LogP contribution in [0, 0.1) is 11.8 Å². The monoisotopic (exact) mass is 297 g/mol. The molecular formula is C15H27N3O3. The molecule has 0 bridgehead atoms. The van der Waals surface area contributed by atoms with Crippen LogP contribution in [-0.4, -0.2) is 41.4 Å². The fourth-order valence-corrected chi connectivity index (χ4v) is 2.15. The van der Waals surface area contributed by atoms with Crippen LogP contribution in [0.3, 0.4) is 0 Å². The van der Waals surface area contributed by atoms with Crippen LogP contribution >= 0.6 is 0 Å². The fraction of sp³-hybridized carbons (Fsp3) is 0.800. The van der Waals surface area contributed by atoms with Gasteiger partial charge in [0, 0.05) is 6.54 Å². The SMILES string of the molecule is CC(C)CCC1(C)NC(=O)N(CC(=O)NCC(C)C)C1=O. The van der Waals surface area contributed by atoms with Crippen LogP contribution in [0.15, 0.2) is 0 Å². The van der Waals surface area contributed by atoms with Gasteiger partial charge in [-0.15, -0.1) is 0 Å². The zero-order valence-corrected chi connectivity index (χ0v) is 13.7. The van der Waals surface area contributed by atoms with E-state index in [9.17, 15) is 14.4 Å². The largest absolute Gasteiger partial charge is 0.354 e. The molecule has 1 atom stereocenters. The van der Waals surface area contributed by atoms with Gasteiger partial charge in [0.1, 0.15) is 12.1 Å². The molecule has 6 nitrogen and oxygen atoms in total. The molecule has 6 heteroatoms. The minimum atomic E-state index is -0.889. The molecule has 4 amide bonds. The number of carbonyl (C=O) groups is 3. The van der Waals surface area contributed by atoms with Gasteiger partial charge in [0.2, 0.25) is 5.91 Å². The summed E-state index contributed by atoms with van der Waals surface area (Å²) in [5, 5.41) is 5.43. The van der Waals surface area contributed by atoms with Gasteiger partial charge in [0.25, 0.3) is 5.91 Å². The van der Waals surface area contributed by atoms with Gasteiger partial charge in [0.15, 0.2) is 0 Å². The highest BCUT2D eigenvalue weighted by Gasteiger charge is 2.47. The average Bonchev–Trinajstić information content (AvgIpc) is 2.58. The van der Waals surface area contributed by atoms with Crippen molar-refractivity contribution in [3.8, 4) is 0 Å². The number of hydrogen-bond donors (Lipinski definition) is 2. The van der Waals surface area contributed by atoms with E-state index in [2.05, 4.69) is 24.5 Å². The second-order valence-corrected chi connectivity index (χ2v) is 6.78. The van der Waals surface area contributed by atoms with E-state index >= 15 is 0 Å². The molecular weight excluding hydrogens is 270 g/mol. The van der Waals surface area contributed by atoms with Crippen molar-refractivity contribution >= 4 is 17.8 Å². The quantitative estimate of drug-likeness (QED) is 0.699. The molecule has 120 valence electrons. The van der Waals surface area contributed by atoms with Gasteiger partial charge in [-0.2, -0.15) is 0 Å². The van der Waals surface area contributed by atoms with Gasteiger partial charge in [0.05, 0.1) is 0 Å². The zero-order valence-electron chi connectivity index (χ0n) is 13.7. The Morgan fingerprint density at radius 3 is 2.38 bits per heavy atom. The van der Waals surface area contributed by atoms with Crippen LogP contribution in [0.25, 0.3) is 0 Å². The first-order valence-electron chi connectivity index (χ1n) is 7.56. The Morgan fingerprint density at radius 1 is 1.24 bits per heavy atom. The number of carbonyl (C=O) groups excluding carboxylic acids is 3. The highest BCUT2D eigenvalue weighted by molar-refractivity contribution is 6.08. The number of amides is 4. The van der Waals surface area contributed by atoms with Crippen molar-refractivity contribution in [2.75, 3.05) is 13.1 Å². The maximum Gasteiger partial charge on any atom is 0.325 e. The highest BCUT2D eigenvalue weighted by Crippen LogP contribution is 2.24. The lowest BCUT2D eigenvalue weighted by Crippen LogP contribution is -2.45. The van der Waals surface area contributed by atoms with E-state index in [0.717, 1.165) is 11.3 Å². The topological polar surface area (TPSA) is 78.5 Å². The molecule has 1 aliphatic rings. The van der Waals surface area contributed by atoms with E-state index in [1.165, 1.54) is 0 Å². The van der Waals surface area contributed by atoms with Crippen molar-refractivity contribution in [3.63, 3.8) is 0 Å². The van der Waals surface area contributed by atoms with Gasteiger partial charge in [-0.3, -0.25) is 14.5 Å². The van der Waals surface area contributed by atoms with Crippen molar-refractivity contribution in [2.24, 2.45) is 11.8 Å². The Hall–Kier alpha value is -1.59. The van der Waals surface area contributed by atoms with E-state index in [-0.39, 0.29) is 18.4 Å². The molecule has 1 fully saturated rings. The van der Waals surface area contributed by atoms with Gasteiger partial charge >= 0.3 is 6.03 Å². The summed E-state index contributed by atoms with van der Waals surface area (Å²) in [6.45, 7) is 10.2. The molecule has 1 aliphatic heterocycles. The van der Waals surface area contributed by atoms with Crippen LogP contribution in [0.1, 0.15) is 47.5 Å². The first-order valence-corrected chi connectivity index (χ1v) is 7.56. The van der Waals surface area contributed by atoms with E-state index in [1.54, 1.807) is 6.92 Å². The molecule has 0 radical (unpaired) electrons. The normalized spacial score (nSPS) is 22.1. The minimum Gasteiger partial charge on any atom is -0.354 e. The Balaban J connectivity index is 2.62. The van der Waals surface area contributed by atoms with Crippen LogP contribution in [0.5, 0.6) is 0 Å². The number of nitrogens with one attached hydrogen (secondary N) is 2. The average molecular weight is 297 g/mol. The highest BCUT2D eigenvalue weighted by atomic mass is 16.2. The van der Waals surface area contributed by atoms with Crippen molar-refractivity contribution in [2.45, 2.75) is 53.0 Å². The summed E-state index contributed by atoms with van der Waals surface area (Å²) in [6, 6.07) is -0.481. The van der Waals surface area contributed by atoms with E-state index in [1.807, 2.05) is 13.8 Å².